The summed E-state index contributed by atoms with van der Waals surface area (Å²) in [7, 11) is -3.49. The number of carbonyl (C=O) groups excluding carboxylic acids is 2. The van der Waals surface area contributed by atoms with Crippen molar-refractivity contribution in [2.45, 2.75) is 11.4 Å². The predicted octanol–water partition coefficient (Wildman–Crippen LogP) is 2.28. The van der Waals surface area contributed by atoms with E-state index in [1.165, 1.54) is 23.5 Å². The van der Waals surface area contributed by atoms with Crippen LogP contribution in [-0.2, 0) is 25.9 Å². The molecule has 128 valence electrons. The molecule has 0 atom stereocenters. The highest BCUT2D eigenvalue weighted by Crippen LogP contribution is 2.21. The fourth-order valence-corrected chi connectivity index (χ4v) is 3.24. The molecule has 0 aliphatic heterocycles. The van der Waals surface area contributed by atoms with E-state index >= 15 is 0 Å². The van der Waals surface area contributed by atoms with Gasteiger partial charge in [0.1, 0.15) is 0 Å². The number of hydrogen-bond donors (Lipinski definition) is 1. The van der Waals surface area contributed by atoms with Gasteiger partial charge in [-0.05, 0) is 29.6 Å². The lowest BCUT2D eigenvalue weighted by Crippen LogP contribution is -2.28. The molecule has 0 aliphatic carbocycles. The van der Waals surface area contributed by atoms with Crippen LogP contribution in [0.25, 0.3) is 0 Å². The number of benzene rings is 1. The number of hydrogen-bond acceptors (Lipinski definition) is 6. The molecule has 24 heavy (non-hydrogen) atoms. The second-order valence-electron chi connectivity index (χ2n) is 4.85. The van der Waals surface area contributed by atoms with Gasteiger partial charge in [0.25, 0.3) is 5.91 Å². The molecule has 0 bridgehead atoms. The first-order valence-corrected chi connectivity index (χ1v) is 9.88. The molecule has 0 unspecified atom stereocenters. The quantitative estimate of drug-likeness (QED) is 0.768. The molecular weight excluding hydrogens is 374 g/mol. The fraction of sp³-hybridized carbons (Fsp3) is 0.200. The number of halogens is 1. The molecule has 0 radical (unpaired) electrons. The number of ether oxygens (including phenoxy) is 1. The Kier molecular flexibility index (Phi) is 5.98. The lowest BCUT2D eigenvalue weighted by Gasteiger charge is -2.08. The third-order valence-corrected chi connectivity index (χ3v) is 5.28. The minimum atomic E-state index is -3.49. The smallest absolute Gasteiger partial charge is 0.340 e. The summed E-state index contributed by atoms with van der Waals surface area (Å²) in [5, 5.41) is 4.54. The van der Waals surface area contributed by atoms with E-state index in [0.29, 0.717) is 6.54 Å². The summed E-state index contributed by atoms with van der Waals surface area (Å²) < 4.78 is 27.9. The van der Waals surface area contributed by atoms with Gasteiger partial charge in [-0.1, -0.05) is 17.7 Å². The maximum atomic E-state index is 12.0. The minimum Gasteiger partial charge on any atom is -0.452 e. The zero-order valence-corrected chi connectivity index (χ0v) is 15.0. The average Bonchev–Trinajstić information content (AvgIpc) is 3.03. The Morgan fingerprint density at radius 2 is 2.04 bits per heavy atom. The number of esters is 1. The second kappa shape index (κ2) is 7.78. The highest BCUT2D eigenvalue weighted by Gasteiger charge is 2.17. The van der Waals surface area contributed by atoms with Crippen LogP contribution in [0.5, 0.6) is 0 Å². The van der Waals surface area contributed by atoms with E-state index in [-0.39, 0.29) is 15.5 Å². The van der Waals surface area contributed by atoms with Crippen molar-refractivity contribution in [2.75, 3.05) is 12.9 Å². The van der Waals surface area contributed by atoms with Crippen LogP contribution in [0.1, 0.15) is 15.2 Å². The van der Waals surface area contributed by atoms with Gasteiger partial charge in [0, 0.05) is 11.1 Å². The van der Waals surface area contributed by atoms with Gasteiger partial charge in [0.2, 0.25) is 0 Å². The van der Waals surface area contributed by atoms with Crippen molar-refractivity contribution in [3.8, 4) is 0 Å². The Labute approximate surface area is 148 Å². The fourth-order valence-electron chi connectivity index (χ4n) is 1.75. The molecule has 2 rings (SSSR count). The summed E-state index contributed by atoms with van der Waals surface area (Å²) in [5.41, 5.74) is -0.106. The molecule has 1 aromatic heterocycles. The number of rotatable bonds is 6. The molecule has 0 fully saturated rings. The number of thiophene rings is 1. The van der Waals surface area contributed by atoms with Crippen LogP contribution in [0, 0.1) is 0 Å². The van der Waals surface area contributed by atoms with Crippen LogP contribution < -0.4 is 5.32 Å². The number of carbonyl (C=O) groups is 2. The predicted molar refractivity (Wildman–Crippen MR) is 91.0 cm³/mol. The standard InChI is InChI=1S/C15H14ClNO5S2/c1-24(20,21)11-4-5-13(16)12(7-11)15(19)22-9-14(18)17-8-10-3-2-6-23-10/h2-7H,8-9H2,1H3,(H,17,18). The summed E-state index contributed by atoms with van der Waals surface area (Å²) in [6.45, 7) is -0.137. The number of nitrogens with one attached hydrogen (secondary N) is 1. The average molecular weight is 388 g/mol. The number of amides is 1. The van der Waals surface area contributed by atoms with Gasteiger partial charge in [-0.2, -0.15) is 0 Å². The molecule has 0 spiro atoms. The molecule has 0 aliphatic rings. The first-order chi connectivity index (χ1) is 11.3. The molecule has 1 amide bonds. The third kappa shape index (κ3) is 5.05. The maximum absolute atomic E-state index is 12.0. The molecule has 0 saturated carbocycles. The SMILES string of the molecule is CS(=O)(=O)c1ccc(Cl)c(C(=O)OCC(=O)NCc2cccs2)c1. The Morgan fingerprint density at radius 1 is 1.29 bits per heavy atom. The van der Waals surface area contributed by atoms with Gasteiger partial charge in [0.05, 0.1) is 22.0 Å². The molecule has 1 heterocycles. The van der Waals surface area contributed by atoms with Crippen LogP contribution in [-0.4, -0.2) is 33.2 Å². The van der Waals surface area contributed by atoms with Crippen molar-refractivity contribution >= 4 is 44.7 Å². The van der Waals surface area contributed by atoms with Crippen molar-refractivity contribution in [1.29, 1.82) is 0 Å². The van der Waals surface area contributed by atoms with E-state index in [0.717, 1.165) is 17.2 Å². The first-order valence-electron chi connectivity index (χ1n) is 6.73. The summed E-state index contributed by atoms with van der Waals surface area (Å²) in [5.74, 6) is -1.33. The van der Waals surface area contributed by atoms with Gasteiger partial charge in [-0.25, -0.2) is 13.2 Å². The minimum absolute atomic E-state index is 0.0476. The summed E-state index contributed by atoms with van der Waals surface area (Å²) >= 11 is 7.39. The summed E-state index contributed by atoms with van der Waals surface area (Å²) in [6, 6.07) is 7.45. The molecule has 1 N–H and O–H groups in total. The van der Waals surface area contributed by atoms with Gasteiger partial charge in [-0.3, -0.25) is 4.79 Å². The molecule has 6 nitrogen and oxygen atoms in total. The largest absolute Gasteiger partial charge is 0.452 e. The van der Waals surface area contributed by atoms with Crippen LogP contribution in [0.3, 0.4) is 0 Å². The van der Waals surface area contributed by atoms with Crippen LogP contribution in [0.4, 0.5) is 0 Å². The molecule has 1 aromatic carbocycles. The van der Waals surface area contributed by atoms with E-state index in [4.69, 9.17) is 16.3 Å². The summed E-state index contributed by atoms with van der Waals surface area (Å²) in [4.78, 5) is 24.6. The van der Waals surface area contributed by atoms with E-state index in [2.05, 4.69) is 5.32 Å². The Hall–Kier alpha value is -1.90. The molecule has 9 heteroatoms. The molecular formula is C15H14ClNO5S2. The zero-order chi connectivity index (χ0) is 17.7. The van der Waals surface area contributed by atoms with Crippen molar-refractivity contribution in [3.63, 3.8) is 0 Å². The van der Waals surface area contributed by atoms with Gasteiger partial charge in [0.15, 0.2) is 16.4 Å². The normalized spacial score (nSPS) is 11.1. The first kappa shape index (κ1) is 18.4. The van der Waals surface area contributed by atoms with Crippen molar-refractivity contribution in [1.82, 2.24) is 5.32 Å². The van der Waals surface area contributed by atoms with E-state index in [1.807, 2.05) is 17.5 Å². The van der Waals surface area contributed by atoms with E-state index in [1.54, 1.807) is 0 Å². The van der Waals surface area contributed by atoms with Crippen LogP contribution in [0.2, 0.25) is 5.02 Å². The van der Waals surface area contributed by atoms with E-state index in [9.17, 15) is 18.0 Å². The topological polar surface area (TPSA) is 89.5 Å². The Balaban J connectivity index is 1.96. The zero-order valence-electron chi connectivity index (χ0n) is 12.6. The van der Waals surface area contributed by atoms with Gasteiger partial charge >= 0.3 is 5.97 Å². The third-order valence-electron chi connectivity index (χ3n) is 2.96. The highest BCUT2D eigenvalue weighted by atomic mass is 35.5. The Bertz CT molecular complexity index is 847. The second-order valence-corrected chi connectivity index (χ2v) is 8.30. The maximum Gasteiger partial charge on any atom is 0.340 e. The highest BCUT2D eigenvalue weighted by molar-refractivity contribution is 7.90. The van der Waals surface area contributed by atoms with Gasteiger partial charge < -0.3 is 10.1 Å². The number of sulfone groups is 1. The lowest BCUT2D eigenvalue weighted by molar-refractivity contribution is -0.124. The summed E-state index contributed by atoms with van der Waals surface area (Å²) in [6.07, 6.45) is 1.02. The Morgan fingerprint density at radius 3 is 2.67 bits per heavy atom. The monoisotopic (exact) mass is 387 g/mol. The lowest BCUT2D eigenvalue weighted by atomic mass is 10.2. The van der Waals surface area contributed by atoms with E-state index < -0.39 is 28.3 Å². The van der Waals surface area contributed by atoms with Gasteiger partial charge in [-0.15, -0.1) is 11.3 Å². The van der Waals surface area contributed by atoms with Crippen LogP contribution in [0.15, 0.2) is 40.6 Å². The van der Waals surface area contributed by atoms with Crippen molar-refractivity contribution < 1.29 is 22.7 Å². The molecule has 2 aromatic rings. The van der Waals surface area contributed by atoms with Crippen molar-refractivity contribution in [3.05, 3.63) is 51.2 Å². The molecule has 0 saturated heterocycles. The van der Waals surface area contributed by atoms with Crippen LogP contribution >= 0.6 is 22.9 Å². The van der Waals surface area contributed by atoms with Crippen molar-refractivity contribution in [2.24, 2.45) is 0 Å².